The third-order valence-electron chi connectivity index (χ3n) is 5.53. The number of thiophene rings is 1. The van der Waals surface area contributed by atoms with Crippen molar-refractivity contribution in [2.75, 3.05) is 31.6 Å². The van der Waals surface area contributed by atoms with Gasteiger partial charge in [0.15, 0.2) is 11.5 Å². The average Bonchev–Trinajstić information content (AvgIpc) is 3.43. The Hall–Kier alpha value is -2.75. The van der Waals surface area contributed by atoms with Gasteiger partial charge in [0.25, 0.3) is 5.91 Å². The summed E-state index contributed by atoms with van der Waals surface area (Å²) in [6.45, 7) is 4.29. The second-order valence-corrected chi connectivity index (χ2v) is 8.94. The number of methoxy groups -OCH3 is 1. The number of aromatic nitrogens is 4. The van der Waals surface area contributed by atoms with Gasteiger partial charge in [0, 0.05) is 43.2 Å². The highest BCUT2D eigenvalue weighted by Gasteiger charge is 2.31. The Morgan fingerprint density at radius 1 is 1.29 bits per heavy atom. The Kier molecular flexibility index (Phi) is 5.25. The predicted molar refractivity (Wildman–Crippen MR) is 121 cm³/mol. The van der Waals surface area contributed by atoms with Gasteiger partial charge in [-0.2, -0.15) is 0 Å². The van der Waals surface area contributed by atoms with Gasteiger partial charge in [0.1, 0.15) is 6.61 Å². The number of carbonyl (C=O) groups excluding carboxylic acids is 1. The van der Waals surface area contributed by atoms with Gasteiger partial charge in [0.05, 0.1) is 10.4 Å². The number of amides is 1. The van der Waals surface area contributed by atoms with Crippen molar-refractivity contribution in [3.05, 3.63) is 51.4 Å². The van der Waals surface area contributed by atoms with Gasteiger partial charge in [-0.05, 0) is 36.6 Å². The van der Waals surface area contributed by atoms with Crippen LogP contribution in [0, 0.1) is 0 Å². The molecule has 8 nitrogen and oxygen atoms in total. The molecule has 1 amide bonds. The molecule has 10 heteroatoms. The number of anilines is 1. The van der Waals surface area contributed by atoms with Crippen molar-refractivity contribution in [1.29, 1.82) is 0 Å². The second-order valence-electron chi connectivity index (χ2n) is 7.55. The lowest BCUT2D eigenvalue weighted by molar-refractivity contribution is 0.0678. The highest BCUT2D eigenvalue weighted by Crippen LogP contribution is 2.28. The summed E-state index contributed by atoms with van der Waals surface area (Å²) >= 11 is 7.70. The van der Waals surface area contributed by atoms with Crippen LogP contribution in [-0.2, 0) is 11.3 Å². The maximum atomic E-state index is 12.9. The zero-order valence-electron chi connectivity index (χ0n) is 17.2. The summed E-state index contributed by atoms with van der Waals surface area (Å²) in [5.41, 5.74) is 1.48. The van der Waals surface area contributed by atoms with Crippen molar-refractivity contribution in [2.24, 2.45) is 0 Å². The number of hydrogen-bond acceptors (Lipinski definition) is 7. The number of ether oxygens (including phenoxy) is 1. The number of nitrogens with zero attached hydrogens (tertiary/aromatic N) is 6. The van der Waals surface area contributed by atoms with Crippen LogP contribution in [0.1, 0.15) is 22.4 Å². The van der Waals surface area contributed by atoms with Crippen molar-refractivity contribution >= 4 is 51.3 Å². The summed E-state index contributed by atoms with van der Waals surface area (Å²) in [6, 6.07) is 9.38. The molecule has 0 aliphatic carbocycles. The van der Waals surface area contributed by atoms with E-state index in [-0.39, 0.29) is 11.9 Å². The summed E-state index contributed by atoms with van der Waals surface area (Å²) < 4.78 is 7.28. The summed E-state index contributed by atoms with van der Waals surface area (Å²) in [4.78, 5) is 22.7. The molecule has 0 saturated carbocycles. The summed E-state index contributed by atoms with van der Waals surface area (Å²) in [5, 5.41) is 12.2. The Morgan fingerprint density at radius 2 is 2.16 bits per heavy atom. The molecule has 31 heavy (non-hydrogen) atoms. The van der Waals surface area contributed by atoms with Gasteiger partial charge in [-0.25, -0.2) is 9.38 Å². The predicted octanol–water partition coefficient (Wildman–Crippen LogP) is 3.49. The molecule has 1 fully saturated rings. The molecule has 160 valence electrons. The second kappa shape index (κ2) is 8.07. The molecule has 3 aromatic heterocycles. The molecule has 0 N–H and O–H groups in total. The Bertz CT molecular complexity index is 1260. The van der Waals surface area contributed by atoms with Crippen molar-refractivity contribution < 1.29 is 9.53 Å². The number of rotatable bonds is 4. The summed E-state index contributed by atoms with van der Waals surface area (Å²) in [6.07, 6.45) is 0. The van der Waals surface area contributed by atoms with E-state index in [0.717, 1.165) is 21.7 Å². The van der Waals surface area contributed by atoms with Crippen LogP contribution in [0.2, 0.25) is 5.02 Å². The standard InChI is InChI=1S/C21H21ClN6O2S/c1-13-11-26(7-8-27(13)20(29)17-4-3-9-31-17)21-23-16-10-14(22)5-6-15(16)19-25-24-18(12-30-2)28(19)21/h3-6,9-10,13H,7-8,11-12H2,1-2H3/t13-/m0/s1. The van der Waals surface area contributed by atoms with Crippen LogP contribution in [0.4, 0.5) is 5.95 Å². The molecule has 0 bridgehead atoms. The van der Waals surface area contributed by atoms with Crippen LogP contribution in [0.15, 0.2) is 35.7 Å². The van der Waals surface area contributed by atoms with E-state index in [1.54, 1.807) is 7.11 Å². The fraction of sp³-hybridized carbons (Fsp3) is 0.333. The van der Waals surface area contributed by atoms with E-state index in [1.165, 1.54) is 11.3 Å². The molecule has 4 aromatic rings. The third kappa shape index (κ3) is 3.52. The minimum absolute atomic E-state index is 0.0256. The molecular weight excluding hydrogens is 436 g/mol. The summed E-state index contributed by atoms with van der Waals surface area (Å²) in [7, 11) is 1.63. The molecule has 0 spiro atoms. The van der Waals surface area contributed by atoms with E-state index in [0.29, 0.717) is 42.7 Å². The lowest BCUT2D eigenvalue weighted by Gasteiger charge is -2.40. The first kappa shape index (κ1) is 20.2. The molecule has 1 saturated heterocycles. The summed E-state index contributed by atoms with van der Waals surface area (Å²) in [5.74, 6) is 1.49. The topological polar surface area (TPSA) is 75.9 Å². The van der Waals surface area contributed by atoms with Crippen molar-refractivity contribution in [1.82, 2.24) is 24.5 Å². The maximum Gasteiger partial charge on any atom is 0.264 e. The van der Waals surface area contributed by atoms with Gasteiger partial charge in [-0.15, -0.1) is 21.5 Å². The van der Waals surface area contributed by atoms with Crippen LogP contribution in [0.25, 0.3) is 16.6 Å². The van der Waals surface area contributed by atoms with Crippen molar-refractivity contribution in [2.45, 2.75) is 19.6 Å². The molecule has 0 radical (unpaired) electrons. The van der Waals surface area contributed by atoms with Crippen LogP contribution in [0.5, 0.6) is 0 Å². The van der Waals surface area contributed by atoms with E-state index in [1.807, 2.05) is 45.0 Å². The fourth-order valence-corrected chi connectivity index (χ4v) is 4.91. The minimum Gasteiger partial charge on any atom is -0.377 e. The van der Waals surface area contributed by atoms with Crippen LogP contribution < -0.4 is 4.90 Å². The lowest BCUT2D eigenvalue weighted by Crippen LogP contribution is -2.54. The fourth-order valence-electron chi connectivity index (χ4n) is 4.06. The molecule has 1 aliphatic heterocycles. The van der Waals surface area contributed by atoms with Crippen LogP contribution in [0.3, 0.4) is 0 Å². The smallest absolute Gasteiger partial charge is 0.264 e. The number of benzene rings is 1. The van der Waals surface area contributed by atoms with Gasteiger partial charge in [-0.1, -0.05) is 17.7 Å². The van der Waals surface area contributed by atoms with Crippen LogP contribution >= 0.6 is 22.9 Å². The molecule has 1 aromatic carbocycles. The van der Waals surface area contributed by atoms with E-state index in [2.05, 4.69) is 22.0 Å². The normalized spacial score (nSPS) is 17.1. The SMILES string of the molecule is COCc1nnc2c3ccc(Cl)cc3nc(N3CCN(C(=O)c4cccs4)[C@@H](C)C3)n12. The molecule has 0 unspecified atom stereocenters. The number of piperazine rings is 1. The largest absolute Gasteiger partial charge is 0.377 e. The lowest BCUT2D eigenvalue weighted by atomic mass is 10.2. The van der Waals surface area contributed by atoms with E-state index in [4.69, 9.17) is 21.3 Å². The van der Waals surface area contributed by atoms with Gasteiger partial charge in [0.2, 0.25) is 5.95 Å². The highest BCUT2D eigenvalue weighted by atomic mass is 35.5. The molecule has 1 aliphatic rings. The molecular formula is C21H21ClN6O2S. The first-order chi connectivity index (χ1) is 15.1. The number of fused-ring (bicyclic) bond motifs is 3. The average molecular weight is 457 g/mol. The Labute approximate surface area is 188 Å². The number of halogens is 1. The van der Waals surface area contributed by atoms with E-state index < -0.39 is 0 Å². The van der Waals surface area contributed by atoms with Crippen molar-refractivity contribution in [3.8, 4) is 0 Å². The van der Waals surface area contributed by atoms with Gasteiger partial charge < -0.3 is 14.5 Å². The van der Waals surface area contributed by atoms with Gasteiger partial charge in [-0.3, -0.25) is 4.79 Å². The van der Waals surface area contributed by atoms with Gasteiger partial charge >= 0.3 is 0 Å². The van der Waals surface area contributed by atoms with E-state index in [9.17, 15) is 4.79 Å². The minimum atomic E-state index is 0.0256. The molecule has 5 rings (SSSR count). The quantitative estimate of drug-likeness (QED) is 0.468. The first-order valence-corrected chi connectivity index (χ1v) is 11.2. The highest BCUT2D eigenvalue weighted by molar-refractivity contribution is 7.12. The molecule has 4 heterocycles. The maximum absolute atomic E-state index is 12.9. The molecule has 1 atom stereocenters. The zero-order chi connectivity index (χ0) is 21.5. The number of hydrogen-bond donors (Lipinski definition) is 0. The van der Waals surface area contributed by atoms with E-state index >= 15 is 0 Å². The van der Waals surface area contributed by atoms with Crippen LogP contribution in [-0.4, -0.2) is 63.2 Å². The number of carbonyl (C=O) groups is 1. The third-order valence-corrected chi connectivity index (χ3v) is 6.62. The Morgan fingerprint density at radius 3 is 2.90 bits per heavy atom. The van der Waals surface area contributed by atoms with Crippen molar-refractivity contribution in [3.63, 3.8) is 0 Å². The monoisotopic (exact) mass is 456 g/mol. The Balaban J connectivity index is 1.54. The first-order valence-electron chi connectivity index (χ1n) is 9.98. The zero-order valence-corrected chi connectivity index (χ0v) is 18.7.